The van der Waals surface area contributed by atoms with Gasteiger partial charge in [0.2, 0.25) is 0 Å². The van der Waals surface area contributed by atoms with Crippen LogP contribution < -0.4 is 5.32 Å². The van der Waals surface area contributed by atoms with E-state index in [0.29, 0.717) is 6.54 Å². The number of nitrogens with zero attached hydrogens (tertiary/aromatic N) is 1. The van der Waals surface area contributed by atoms with Gasteiger partial charge < -0.3 is 24.0 Å². The highest BCUT2D eigenvalue weighted by Crippen LogP contribution is 2.48. The van der Waals surface area contributed by atoms with E-state index in [1.807, 2.05) is 75.4 Å². The van der Waals surface area contributed by atoms with Crippen LogP contribution in [0.4, 0.5) is 4.79 Å². The molecule has 2 rings (SSSR count). The molecule has 0 saturated heterocycles. The first-order valence-electron chi connectivity index (χ1n) is 12.4. The van der Waals surface area contributed by atoms with E-state index in [1.165, 1.54) is 4.90 Å². The monoisotopic (exact) mass is 518 g/mol. The number of ether oxygens (including phenoxy) is 1. The molecule has 8 nitrogen and oxygen atoms in total. The van der Waals surface area contributed by atoms with E-state index >= 15 is 0 Å². The Bertz CT molecular complexity index is 987. The number of rotatable bonds is 14. The van der Waals surface area contributed by atoms with Crippen molar-refractivity contribution in [3.63, 3.8) is 0 Å². The van der Waals surface area contributed by atoms with Crippen molar-refractivity contribution in [2.24, 2.45) is 5.92 Å². The van der Waals surface area contributed by atoms with Gasteiger partial charge in [0, 0.05) is 13.0 Å². The molecule has 0 saturated carbocycles. The molecule has 0 heterocycles. The summed E-state index contributed by atoms with van der Waals surface area (Å²) in [5, 5.41) is 2.81. The Balaban J connectivity index is 2.22. The minimum Gasteiger partial charge on any atom is -0.459 e. The molecule has 0 aliphatic carbocycles. The van der Waals surface area contributed by atoms with Gasteiger partial charge in [-0.1, -0.05) is 74.0 Å². The Hall–Kier alpha value is -2.67. The highest BCUT2D eigenvalue weighted by atomic mass is 31.2. The van der Waals surface area contributed by atoms with Crippen molar-refractivity contribution in [1.82, 2.24) is 10.2 Å². The second-order valence-electron chi connectivity index (χ2n) is 8.99. The molecule has 0 aliphatic heterocycles. The Kier molecular flexibility index (Phi) is 12.1. The number of aryl methyl sites for hydroxylation is 1. The fourth-order valence-corrected chi connectivity index (χ4v) is 5.28. The molecule has 0 spiro atoms. The first-order chi connectivity index (χ1) is 17.2. The second-order valence-corrected chi connectivity index (χ2v) is 11.0. The predicted molar refractivity (Wildman–Crippen MR) is 141 cm³/mol. The highest BCUT2D eigenvalue weighted by Gasteiger charge is 2.32. The zero-order valence-electron chi connectivity index (χ0n) is 21.9. The number of hydrogen-bond donors (Lipinski definition) is 1. The van der Waals surface area contributed by atoms with Gasteiger partial charge in [-0.2, -0.15) is 0 Å². The minimum atomic E-state index is -3.53. The lowest BCUT2D eigenvalue weighted by atomic mass is 10.0. The Morgan fingerprint density at radius 1 is 0.944 bits per heavy atom. The molecule has 9 heteroatoms. The van der Waals surface area contributed by atoms with Gasteiger partial charge in [-0.05, 0) is 37.8 Å². The van der Waals surface area contributed by atoms with Gasteiger partial charge in [-0.15, -0.1) is 0 Å². The number of benzene rings is 2. The van der Waals surface area contributed by atoms with Crippen LogP contribution in [0.25, 0.3) is 0 Å². The van der Waals surface area contributed by atoms with Crippen molar-refractivity contribution < 1.29 is 27.9 Å². The van der Waals surface area contributed by atoms with Crippen LogP contribution in [0.5, 0.6) is 0 Å². The van der Waals surface area contributed by atoms with Crippen LogP contribution in [0.1, 0.15) is 44.4 Å². The summed E-state index contributed by atoms with van der Waals surface area (Å²) in [4.78, 5) is 27.9. The topological polar surface area (TPSA) is 94.2 Å². The minimum absolute atomic E-state index is 0.0908. The van der Waals surface area contributed by atoms with Crippen LogP contribution in [0, 0.1) is 12.8 Å². The van der Waals surface area contributed by atoms with Gasteiger partial charge in [0.15, 0.2) is 0 Å². The SMILES string of the molecule is CCOP(=O)(CN(CC(C)C)C(=O)N[C@@H](Cc1ccc(C)cc1)C(=O)OCc1ccccc1)OCC. The summed E-state index contributed by atoms with van der Waals surface area (Å²) >= 11 is 0. The van der Waals surface area contributed by atoms with Gasteiger partial charge >= 0.3 is 19.6 Å². The molecule has 2 aromatic rings. The first kappa shape index (κ1) is 29.6. The van der Waals surface area contributed by atoms with Crippen LogP contribution >= 0.6 is 7.60 Å². The Morgan fingerprint density at radius 3 is 2.11 bits per heavy atom. The molecule has 0 unspecified atom stereocenters. The maximum atomic E-state index is 13.4. The van der Waals surface area contributed by atoms with Gasteiger partial charge in [-0.3, -0.25) is 4.57 Å². The van der Waals surface area contributed by atoms with Crippen molar-refractivity contribution in [2.75, 3.05) is 26.0 Å². The molecule has 0 radical (unpaired) electrons. The Labute approximate surface area is 214 Å². The van der Waals surface area contributed by atoms with Crippen molar-refractivity contribution in [2.45, 2.75) is 53.7 Å². The van der Waals surface area contributed by atoms with E-state index in [2.05, 4.69) is 5.32 Å². The average Bonchev–Trinajstić information content (AvgIpc) is 2.83. The summed E-state index contributed by atoms with van der Waals surface area (Å²) in [6.45, 7) is 10.1. The molecule has 1 atom stereocenters. The van der Waals surface area contributed by atoms with Crippen LogP contribution in [0.15, 0.2) is 54.6 Å². The fraction of sp³-hybridized carbons (Fsp3) is 0.481. The van der Waals surface area contributed by atoms with Crippen molar-refractivity contribution in [3.8, 4) is 0 Å². The molecule has 2 amide bonds. The maximum absolute atomic E-state index is 13.4. The number of esters is 1. The lowest BCUT2D eigenvalue weighted by Crippen LogP contribution is -2.50. The second kappa shape index (κ2) is 14.8. The molecule has 0 aliphatic rings. The lowest BCUT2D eigenvalue weighted by Gasteiger charge is -2.30. The third kappa shape index (κ3) is 10.1. The number of carbonyl (C=O) groups excluding carboxylic acids is 2. The smallest absolute Gasteiger partial charge is 0.349 e. The van der Waals surface area contributed by atoms with Crippen LogP contribution in [-0.2, 0) is 36.2 Å². The zero-order chi connectivity index (χ0) is 26.6. The van der Waals surface area contributed by atoms with E-state index in [4.69, 9.17) is 13.8 Å². The molecule has 0 bridgehead atoms. The predicted octanol–water partition coefficient (Wildman–Crippen LogP) is 5.54. The van der Waals surface area contributed by atoms with Crippen LogP contribution in [-0.4, -0.2) is 49.0 Å². The number of hydrogen-bond acceptors (Lipinski definition) is 6. The molecule has 36 heavy (non-hydrogen) atoms. The number of amides is 2. The summed E-state index contributed by atoms with van der Waals surface area (Å²) in [7, 11) is -3.53. The van der Waals surface area contributed by atoms with Crippen LogP contribution in [0.3, 0.4) is 0 Å². The number of urea groups is 1. The summed E-state index contributed by atoms with van der Waals surface area (Å²) < 4.78 is 29.5. The average molecular weight is 519 g/mol. The molecule has 0 aromatic heterocycles. The largest absolute Gasteiger partial charge is 0.459 e. The molecular formula is C27H39N2O6P. The molecule has 198 valence electrons. The summed E-state index contributed by atoms with van der Waals surface area (Å²) in [6.07, 6.45) is 0.0404. The zero-order valence-corrected chi connectivity index (χ0v) is 22.8. The quantitative estimate of drug-likeness (QED) is 0.261. The van der Waals surface area contributed by atoms with Crippen molar-refractivity contribution in [1.29, 1.82) is 0 Å². The molecule has 0 fully saturated rings. The number of carbonyl (C=O) groups is 2. The van der Waals surface area contributed by atoms with Gasteiger partial charge in [-0.25, -0.2) is 9.59 Å². The van der Waals surface area contributed by atoms with E-state index in [-0.39, 0.29) is 38.4 Å². The van der Waals surface area contributed by atoms with Gasteiger partial charge in [0.1, 0.15) is 18.9 Å². The van der Waals surface area contributed by atoms with Gasteiger partial charge in [0.05, 0.1) is 13.2 Å². The fourth-order valence-electron chi connectivity index (χ4n) is 3.59. The molecule has 1 N–H and O–H groups in total. The lowest BCUT2D eigenvalue weighted by molar-refractivity contribution is -0.147. The third-order valence-electron chi connectivity index (χ3n) is 5.23. The maximum Gasteiger partial charge on any atom is 0.349 e. The highest BCUT2D eigenvalue weighted by molar-refractivity contribution is 7.53. The van der Waals surface area contributed by atoms with E-state index in [0.717, 1.165) is 16.7 Å². The van der Waals surface area contributed by atoms with Crippen molar-refractivity contribution >= 4 is 19.6 Å². The summed E-state index contributed by atoms with van der Waals surface area (Å²) in [5.41, 5.74) is 2.83. The number of nitrogens with one attached hydrogen (secondary N) is 1. The summed E-state index contributed by atoms with van der Waals surface area (Å²) in [6, 6.07) is 15.6. The third-order valence-corrected chi connectivity index (χ3v) is 7.23. The first-order valence-corrected chi connectivity index (χ1v) is 14.1. The standard InChI is InChI=1S/C27H39N2O6P/c1-6-34-36(32,35-7-2)20-29(18-21(3)4)27(31)28-25(17-23-15-13-22(5)14-16-23)26(30)33-19-24-11-9-8-10-12-24/h8-16,21,25H,6-7,17-20H2,1-5H3,(H,28,31)/t25-/m0/s1. The van der Waals surface area contributed by atoms with E-state index < -0.39 is 25.6 Å². The Morgan fingerprint density at radius 2 is 1.56 bits per heavy atom. The van der Waals surface area contributed by atoms with E-state index in [1.54, 1.807) is 13.8 Å². The molecule has 2 aromatic carbocycles. The normalized spacial score (nSPS) is 12.3. The summed E-state index contributed by atoms with van der Waals surface area (Å²) in [5.74, 6) is -0.455. The van der Waals surface area contributed by atoms with Crippen molar-refractivity contribution in [3.05, 3.63) is 71.3 Å². The van der Waals surface area contributed by atoms with Crippen LogP contribution in [0.2, 0.25) is 0 Å². The van der Waals surface area contributed by atoms with E-state index in [9.17, 15) is 14.2 Å². The molecular weight excluding hydrogens is 479 g/mol. The van der Waals surface area contributed by atoms with Gasteiger partial charge in [0.25, 0.3) is 0 Å².